The van der Waals surface area contributed by atoms with Gasteiger partial charge in [-0.15, -0.1) is 0 Å². The van der Waals surface area contributed by atoms with Crippen molar-refractivity contribution in [1.29, 1.82) is 0 Å². The smallest absolute Gasteiger partial charge is 0.449 e. The Morgan fingerprint density at radius 3 is 2.28 bits per heavy atom. The normalized spacial score (nSPS) is 16.4. The van der Waals surface area contributed by atoms with Gasteiger partial charge in [0.1, 0.15) is 22.9 Å². The number of aliphatic carboxylic acids is 1. The number of hydrogen-bond acceptors (Lipinski definition) is 8. The van der Waals surface area contributed by atoms with Crippen molar-refractivity contribution in [3.8, 4) is 5.75 Å². The molecule has 0 aliphatic carbocycles. The van der Waals surface area contributed by atoms with E-state index >= 15 is 4.39 Å². The number of rotatable bonds is 12. The fourth-order valence-electron chi connectivity index (χ4n) is 6.92. The molecule has 2 aromatic carbocycles. The lowest BCUT2D eigenvalue weighted by molar-refractivity contribution is -0.153. The number of alkyl halides is 6. The number of nitrogens with zero attached hydrogens (tertiary/aromatic N) is 3. The number of hydrogen-bond donors (Lipinski definition) is 2. The molecule has 3 N–H and O–H groups in total. The van der Waals surface area contributed by atoms with Crippen LogP contribution in [-0.2, 0) is 53.7 Å². The number of nitrogens with two attached hydrogens (primary N) is 1. The van der Waals surface area contributed by atoms with Gasteiger partial charge >= 0.3 is 24.0 Å². The highest BCUT2D eigenvalue weighted by atomic mass is 19.4. The zero-order valence-electron chi connectivity index (χ0n) is 28.5. The maximum atomic E-state index is 15.1. The van der Waals surface area contributed by atoms with Crippen LogP contribution in [0.2, 0.25) is 0 Å². The Bertz CT molecular complexity index is 2120. The molecule has 2 aliphatic rings. The molecule has 0 amide bonds. The number of ether oxygens (including phenoxy) is 2. The van der Waals surface area contributed by atoms with Crippen molar-refractivity contribution in [1.82, 2.24) is 14.0 Å². The molecule has 11 nitrogen and oxygen atoms in total. The largest absolute Gasteiger partial charge is 0.494 e. The molecule has 0 bridgehead atoms. The van der Waals surface area contributed by atoms with Crippen molar-refractivity contribution in [2.45, 2.75) is 75.9 Å². The quantitative estimate of drug-likeness (QED) is 0.135. The van der Waals surface area contributed by atoms with Crippen LogP contribution in [0.4, 0.5) is 30.7 Å². The van der Waals surface area contributed by atoms with Crippen LogP contribution in [0.25, 0.3) is 0 Å². The van der Waals surface area contributed by atoms with Crippen molar-refractivity contribution in [2.75, 3.05) is 19.7 Å². The lowest BCUT2D eigenvalue weighted by atomic mass is 9.85. The molecule has 6 rings (SSSR count). The number of carbonyl (C=O) groups is 1. The first-order chi connectivity index (χ1) is 25.5. The van der Waals surface area contributed by atoms with Gasteiger partial charge in [0.15, 0.2) is 0 Å². The number of fused-ring (bicyclic) bond motifs is 2. The maximum Gasteiger partial charge on any atom is 0.449 e. The molecule has 1 saturated heterocycles. The van der Waals surface area contributed by atoms with Gasteiger partial charge in [0.2, 0.25) is 5.76 Å². The van der Waals surface area contributed by atoms with E-state index in [2.05, 4.69) is 0 Å². The molecule has 290 valence electrons. The van der Waals surface area contributed by atoms with Crippen molar-refractivity contribution < 1.29 is 54.5 Å². The van der Waals surface area contributed by atoms with E-state index in [1.807, 2.05) is 0 Å². The summed E-state index contributed by atoms with van der Waals surface area (Å²) in [5.41, 5.74) is 1.72. The average molecular weight is 769 g/mol. The van der Waals surface area contributed by atoms with E-state index < -0.39 is 77.0 Å². The van der Waals surface area contributed by atoms with Gasteiger partial charge in [0, 0.05) is 31.1 Å². The van der Waals surface area contributed by atoms with Gasteiger partial charge in [0.05, 0.1) is 49.7 Å². The first-order valence-electron chi connectivity index (χ1n) is 16.9. The summed E-state index contributed by atoms with van der Waals surface area (Å²) in [5, 5.41) is 8.80. The highest BCUT2D eigenvalue weighted by molar-refractivity contribution is 5.66. The Morgan fingerprint density at radius 1 is 0.944 bits per heavy atom. The SMILES string of the molecule is N[C@@H](Cn1c(=O)c2c(n(Cc3c(F)cccc3C(F)(F)F)c1=O)COC21CCN(Cc2ccc(C(F)(F)F)o2)CC1)c1ccc(OCCCC(=O)O)cc1. The molecule has 18 heteroatoms. The predicted octanol–water partition coefficient (Wildman–Crippen LogP) is 5.79. The van der Waals surface area contributed by atoms with Crippen molar-refractivity contribution in [2.24, 2.45) is 5.73 Å². The van der Waals surface area contributed by atoms with Crippen LogP contribution in [0.3, 0.4) is 0 Å². The van der Waals surface area contributed by atoms with Crippen molar-refractivity contribution >= 4 is 5.97 Å². The summed E-state index contributed by atoms with van der Waals surface area (Å²) >= 11 is 0. The molecule has 1 fully saturated rings. The Hall–Kier alpha value is -4.94. The first kappa shape index (κ1) is 38.8. The monoisotopic (exact) mass is 768 g/mol. The molecular formula is C36H35F7N4O7. The molecule has 2 aliphatic heterocycles. The molecule has 0 saturated carbocycles. The number of piperidine rings is 1. The standard InChI is InChI=1S/C36H35F7N4O7/c37-26-4-1-3-25(35(38,39)40)24(26)18-46-28-20-53-34(12-14-45(15-13-34)17-23-10-11-29(54-23)36(41,42)43)31(28)32(50)47(33(46)51)19-27(44)21-6-8-22(9-7-21)52-16-2-5-30(48)49/h1,3-4,6-11,27H,2,5,12-20,44H2,(H,48,49)/t27-/m0/s1. The number of furan rings is 1. The van der Waals surface area contributed by atoms with Crippen molar-refractivity contribution in [3.05, 3.63) is 121 Å². The Kier molecular flexibility index (Phi) is 10.8. The lowest BCUT2D eigenvalue weighted by Gasteiger charge is -2.38. The van der Waals surface area contributed by atoms with E-state index in [0.29, 0.717) is 17.4 Å². The second kappa shape index (κ2) is 15.1. The van der Waals surface area contributed by atoms with E-state index in [0.717, 1.165) is 27.3 Å². The Morgan fingerprint density at radius 2 is 1.65 bits per heavy atom. The third kappa shape index (κ3) is 8.09. The van der Waals surface area contributed by atoms with Gasteiger partial charge in [0.25, 0.3) is 5.56 Å². The molecule has 4 heterocycles. The highest BCUT2D eigenvalue weighted by Crippen LogP contribution is 2.43. The molecule has 0 unspecified atom stereocenters. The summed E-state index contributed by atoms with van der Waals surface area (Å²) in [6, 6.07) is 9.80. The number of carboxylic acids is 1. The maximum absolute atomic E-state index is 15.1. The number of halogens is 7. The van der Waals surface area contributed by atoms with Crippen LogP contribution >= 0.6 is 0 Å². The van der Waals surface area contributed by atoms with Crippen LogP contribution in [0.5, 0.6) is 5.75 Å². The minimum absolute atomic E-state index is 0.00935. The van der Waals surface area contributed by atoms with E-state index in [-0.39, 0.29) is 75.5 Å². The summed E-state index contributed by atoms with van der Waals surface area (Å²) in [4.78, 5) is 40.9. The second-order valence-electron chi connectivity index (χ2n) is 13.2. The fourth-order valence-corrected chi connectivity index (χ4v) is 6.92. The van der Waals surface area contributed by atoms with Crippen LogP contribution in [0.15, 0.2) is 68.6 Å². The predicted molar refractivity (Wildman–Crippen MR) is 176 cm³/mol. The molecule has 54 heavy (non-hydrogen) atoms. The molecule has 1 atom stereocenters. The summed E-state index contributed by atoms with van der Waals surface area (Å²) in [5.74, 6) is -2.83. The molecule has 2 aromatic heterocycles. The molecule has 1 spiro atoms. The van der Waals surface area contributed by atoms with Gasteiger partial charge in [-0.1, -0.05) is 18.2 Å². The van der Waals surface area contributed by atoms with Gasteiger partial charge in [-0.2, -0.15) is 26.3 Å². The first-order valence-corrected chi connectivity index (χ1v) is 16.9. The van der Waals surface area contributed by atoms with Crippen LogP contribution < -0.4 is 21.7 Å². The minimum atomic E-state index is -4.97. The third-order valence-electron chi connectivity index (χ3n) is 9.69. The average Bonchev–Trinajstić information content (AvgIpc) is 3.74. The Balaban J connectivity index is 1.32. The van der Waals surface area contributed by atoms with Gasteiger partial charge in [-0.3, -0.25) is 23.6 Å². The number of carboxylic acid groups (broad SMARTS) is 1. The summed E-state index contributed by atoms with van der Waals surface area (Å²) in [7, 11) is 0. The van der Waals surface area contributed by atoms with E-state index in [9.17, 15) is 40.7 Å². The third-order valence-corrected chi connectivity index (χ3v) is 9.69. The molecular weight excluding hydrogens is 733 g/mol. The fraction of sp³-hybridized carbons (Fsp3) is 0.417. The number of benzene rings is 2. The zero-order chi connectivity index (χ0) is 39.0. The summed E-state index contributed by atoms with van der Waals surface area (Å²) in [6.07, 6.45) is -9.16. The van der Waals surface area contributed by atoms with Crippen LogP contribution in [0, 0.1) is 5.82 Å². The van der Waals surface area contributed by atoms with E-state index in [4.69, 9.17) is 24.7 Å². The summed E-state index contributed by atoms with van der Waals surface area (Å²) in [6.45, 7) is -1.04. The lowest BCUT2D eigenvalue weighted by Crippen LogP contribution is -2.49. The molecule has 4 aromatic rings. The topological polar surface area (TPSA) is 142 Å². The molecule has 0 radical (unpaired) electrons. The highest BCUT2D eigenvalue weighted by Gasteiger charge is 2.47. The van der Waals surface area contributed by atoms with Crippen LogP contribution in [0.1, 0.15) is 71.2 Å². The zero-order valence-corrected chi connectivity index (χ0v) is 28.5. The van der Waals surface area contributed by atoms with Crippen LogP contribution in [-0.4, -0.2) is 44.8 Å². The van der Waals surface area contributed by atoms with Gasteiger partial charge < -0.3 is 24.7 Å². The summed E-state index contributed by atoms with van der Waals surface area (Å²) < 4.78 is 115. The van der Waals surface area contributed by atoms with E-state index in [1.165, 1.54) is 6.07 Å². The van der Waals surface area contributed by atoms with Gasteiger partial charge in [-0.25, -0.2) is 9.18 Å². The Labute approximate surface area is 302 Å². The number of aromatic nitrogens is 2. The van der Waals surface area contributed by atoms with Crippen molar-refractivity contribution in [3.63, 3.8) is 0 Å². The number of likely N-dealkylation sites (tertiary alicyclic amines) is 1. The van der Waals surface area contributed by atoms with E-state index in [1.54, 1.807) is 29.2 Å². The second-order valence-corrected chi connectivity index (χ2v) is 13.2. The minimum Gasteiger partial charge on any atom is -0.494 e. The van der Waals surface area contributed by atoms with Gasteiger partial charge in [-0.05, 0) is 61.2 Å².